The molecule has 0 radical (unpaired) electrons. The smallest absolute Gasteiger partial charge is 0.326 e. The molecule has 0 saturated carbocycles. The normalized spacial score (nSPS) is 12.2. The number of carboxylic acid groups (broad SMARTS) is 1. The summed E-state index contributed by atoms with van der Waals surface area (Å²) in [7, 11) is 0. The Balaban J connectivity index is 4.28. The van der Waals surface area contributed by atoms with Crippen molar-refractivity contribution in [2.24, 2.45) is 0 Å². The summed E-state index contributed by atoms with van der Waals surface area (Å²) in [5.74, 6) is -1.15. The summed E-state index contributed by atoms with van der Waals surface area (Å²) in [6.07, 6.45) is 0.775. The number of aliphatic carboxylic acids is 1. The number of carbonyl (C=O) groups is 2. The summed E-state index contributed by atoms with van der Waals surface area (Å²) < 4.78 is 0. The largest absolute Gasteiger partial charge is 0.480 e. The minimum absolute atomic E-state index is 0.188. The average Bonchev–Trinajstić information content (AvgIpc) is 1.98. The van der Waals surface area contributed by atoms with Crippen LogP contribution in [0.25, 0.3) is 0 Å². The highest BCUT2D eigenvalue weighted by molar-refractivity contribution is 5.81. The van der Waals surface area contributed by atoms with E-state index in [1.165, 1.54) is 18.7 Å². The molecule has 1 N–H and O–H groups in total. The molecule has 0 heterocycles. The number of amides is 1. The van der Waals surface area contributed by atoms with Crippen molar-refractivity contribution in [2.75, 3.05) is 6.54 Å². The fourth-order valence-electron chi connectivity index (χ4n) is 0.998. The van der Waals surface area contributed by atoms with Crippen LogP contribution in [0.1, 0.15) is 27.2 Å². The Morgan fingerprint density at radius 3 is 2.25 bits per heavy atom. The highest BCUT2D eigenvalue weighted by Crippen LogP contribution is 2.00. The Kier molecular flexibility index (Phi) is 4.33. The Morgan fingerprint density at radius 1 is 1.50 bits per heavy atom. The molecule has 4 nitrogen and oxygen atoms in total. The molecule has 0 bridgehead atoms. The Hall–Kier alpha value is -1.06. The molecule has 4 heteroatoms. The van der Waals surface area contributed by atoms with E-state index in [0.29, 0.717) is 6.54 Å². The Labute approximate surface area is 72.2 Å². The zero-order valence-corrected chi connectivity index (χ0v) is 7.70. The zero-order chi connectivity index (χ0) is 9.72. The van der Waals surface area contributed by atoms with Crippen LogP contribution in [0.15, 0.2) is 0 Å². The van der Waals surface area contributed by atoms with Crippen molar-refractivity contribution in [3.05, 3.63) is 0 Å². The fraction of sp³-hybridized carbons (Fsp3) is 0.750. The minimum Gasteiger partial charge on any atom is -0.480 e. The van der Waals surface area contributed by atoms with Crippen LogP contribution in [0.4, 0.5) is 0 Å². The molecule has 0 aromatic heterocycles. The van der Waals surface area contributed by atoms with Gasteiger partial charge in [-0.2, -0.15) is 0 Å². The summed E-state index contributed by atoms with van der Waals surface area (Å²) in [5, 5.41) is 8.63. The van der Waals surface area contributed by atoms with Crippen molar-refractivity contribution in [1.82, 2.24) is 4.90 Å². The van der Waals surface area contributed by atoms with Gasteiger partial charge in [-0.3, -0.25) is 4.79 Å². The molecule has 0 aliphatic heterocycles. The summed E-state index contributed by atoms with van der Waals surface area (Å²) in [6.45, 7) is 5.31. The van der Waals surface area contributed by atoms with E-state index in [2.05, 4.69) is 0 Å². The maximum absolute atomic E-state index is 10.9. The second kappa shape index (κ2) is 4.74. The average molecular weight is 173 g/mol. The maximum atomic E-state index is 10.9. The predicted molar refractivity (Wildman–Crippen MR) is 44.8 cm³/mol. The summed E-state index contributed by atoms with van der Waals surface area (Å²) in [4.78, 5) is 22.8. The zero-order valence-electron chi connectivity index (χ0n) is 7.70. The third-order valence-electron chi connectivity index (χ3n) is 1.69. The van der Waals surface area contributed by atoms with E-state index in [4.69, 9.17) is 5.11 Å². The molecule has 0 aromatic carbocycles. The molecule has 0 aliphatic carbocycles. The van der Waals surface area contributed by atoms with Gasteiger partial charge in [0.1, 0.15) is 6.04 Å². The van der Waals surface area contributed by atoms with E-state index < -0.39 is 12.0 Å². The van der Waals surface area contributed by atoms with Crippen molar-refractivity contribution in [1.29, 1.82) is 0 Å². The third kappa shape index (κ3) is 2.90. The Morgan fingerprint density at radius 2 is 2.00 bits per heavy atom. The molecule has 0 aliphatic rings. The first-order valence-electron chi connectivity index (χ1n) is 4.00. The molecule has 70 valence electrons. The van der Waals surface area contributed by atoms with Gasteiger partial charge in [0.05, 0.1) is 0 Å². The molecule has 0 saturated heterocycles. The van der Waals surface area contributed by atoms with Crippen molar-refractivity contribution in [2.45, 2.75) is 33.2 Å². The number of rotatable bonds is 4. The van der Waals surface area contributed by atoms with Gasteiger partial charge in [-0.25, -0.2) is 4.79 Å². The van der Waals surface area contributed by atoms with Crippen LogP contribution in [0, 0.1) is 0 Å². The van der Waals surface area contributed by atoms with Crippen LogP contribution in [0.5, 0.6) is 0 Å². The van der Waals surface area contributed by atoms with E-state index in [0.717, 1.165) is 6.42 Å². The van der Waals surface area contributed by atoms with Gasteiger partial charge in [0.2, 0.25) is 5.91 Å². The summed E-state index contributed by atoms with van der Waals surface area (Å²) in [6, 6.07) is -0.720. The molecule has 0 rings (SSSR count). The third-order valence-corrected chi connectivity index (χ3v) is 1.69. The highest BCUT2D eigenvalue weighted by atomic mass is 16.4. The number of carboxylic acids is 1. The first-order chi connectivity index (χ1) is 5.50. The molecule has 1 unspecified atom stereocenters. The van der Waals surface area contributed by atoms with E-state index >= 15 is 0 Å². The van der Waals surface area contributed by atoms with Crippen molar-refractivity contribution >= 4 is 11.9 Å². The molecule has 1 atom stereocenters. The molecule has 0 fully saturated rings. The summed E-state index contributed by atoms with van der Waals surface area (Å²) in [5.41, 5.74) is 0. The highest BCUT2D eigenvalue weighted by Gasteiger charge is 2.21. The van der Waals surface area contributed by atoms with Gasteiger partial charge in [-0.1, -0.05) is 6.92 Å². The van der Waals surface area contributed by atoms with Crippen LogP contribution in [0.2, 0.25) is 0 Å². The van der Waals surface area contributed by atoms with Gasteiger partial charge in [0.15, 0.2) is 0 Å². The monoisotopic (exact) mass is 173 g/mol. The fourth-order valence-corrected chi connectivity index (χ4v) is 0.998. The minimum atomic E-state index is -0.960. The Bertz CT molecular complexity index is 179. The number of nitrogens with zero attached hydrogens (tertiary/aromatic N) is 1. The van der Waals surface area contributed by atoms with Crippen LogP contribution >= 0.6 is 0 Å². The van der Waals surface area contributed by atoms with Crippen molar-refractivity contribution in [3.8, 4) is 0 Å². The van der Waals surface area contributed by atoms with Crippen molar-refractivity contribution in [3.63, 3.8) is 0 Å². The number of carbonyl (C=O) groups excluding carboxylic acids is 1. The molecule has 0 spiro atoms. The van der Waals surface area contributed by atoms with Crippen LogP contribution < -0.4 is 0 Å². The lowest BCUT2D eigenvalue weighted by atomic mass is 10.2. The second-order valence-electron chi connectivity index (χ2n) is 2.73. The summed E-state index contributed by atoms with van der Waals surface area (Å²) >= 11 is 0. The maximum Gasteiger partial charge on any atom is 0.326 e. The van der Waals surface area contributed by atoms with Gasteiger partial charge in [0, 0.05) is 13.5 Å². The first kappa shape index (κ1) is 10.9. The number of hydrogen-bond acceptors (Lipinski definition) is 2. The molecule has 0 aromatic rings. The molecular weight excluding hydrogens is 158 g/mol. The van der Waals surface area contributed by atoms with E-state index in [9.17, 15) is 9.59 Å². The van der Waals surface area contributed by atoms with E-state index in [1.54, 1.807) is 0 Å². The van der Waals surface area contributed by atoms with Gasteiger partial charge in [-0.05, 0) is 13.3 Å². The first-order valence-corrected chi connectivity index (χ1v) is 4.00. The van der Waals surface area contributed by atoms with Gasteiger partial charge in [-0.15, -0.1) is 0 Å². The lowest BCUT2D eigenvalue weighted by Crippen LogP contribution is -2.42. The number of hydrogen-bond donors (Lipinski definition) is 1. The van der Waals surface area contributed by atoms with Gasteiger partial charge < -0.3 is 10.0 Å². The SMILES string of the molecule is CCCN(C(C)=O)C(C)C(=O)O. The molecule has 12 heavy (non-hydrogen) atoms. The predicted octanol–water partition coefficient (Wildman–Crippen LogP) is 0.718. The molecular formula is C8H15NO3. The molecule has 1 amide bonds. The quantitative estimate of drug-likeness (QED) is 0.681. The van der Waals surface area contributed by atoms with Gasteiger partial charge >= 0.3 is 5.97 Å². The van der Waals surface area contributed by atoms with E-state index in [-0.39, 0.29) is 5.91 Å². The lowest BCUT2D eigenvalue weighted by molar-refractivity contribution is -0.148. The standard InChI is InChI=1S/C8H15NO3/c1-4-5-9(7(3)10)6(2)8(11)12/h6H,4-5H2,1-3H3,(H,11,12). The van der Waals surface area contributed by atoms with Crippen LogP contribution in [0.3, 0.4) is 0 Å². The topological polar surface area (TPSA) is 57.6 Å². The van der Waals surface area contributed by atoms with Crippen molar-refractivity contribution < 1.29 is 14.7 Å². The van der Waals surface area contributed by atoms with Crippen LogP contribution in [-0.2, 0) is 9.59 Å². The van der Waals surface area contributed by atoms with Crippen LogP contribution in [-0.4, -0.2) is 34.5 Å². The lowest BCUT2D eigenvalue weighted by Gasteiger charge is -2.24. The second-order valence-corrected chi connectivity index (χ2v) is 2.73. The van der Waals surface area contributed by atoms with E-state index in [1.807, 2.05) is 6.92 Å². The van der Waals surface area contributed by atoms with Gasteiger partial charge in [0.25, 0.3) is 0 Å².